The molecule has 3 aromatic carbocycles. The molecule has 54 heavy (non-hydrogen) atoms. The summed E-state index contributed by atoms with van der Waals surface area (Å²) < 4.78 is 52.0. The molecule has 14 heteroatoms. The summed E-state index contributed by atoms with van der Waals surface area (Å²) in [5.41, 5.74) is -0.00636. The van der Waals surface area contributed by atoms with Crippen molar-refractivity contribution in [3.63, 3.8) is 0 Å². The van der Waals surface area contributed by atoms with Gasteiger partial charge in [0.05, 0.1) is 24.5 Å². The van der Waals surface area contributed by atoms with Gasteiger partial charge in [-0.15, -0.1) is 0 Å². The number of nitrogens with one attached hydrogen (secondary N) is 2. The van der Waals surface area contributed by atoms with Crippen molar-refractivity contribution in [2.45, 2.75) is 40.2 Å². The molecule has 0 radical (unpaired) electrons. The van der Waals surface area contributed by atoms with Gasteiger partial charge < -0.3 is 34.5 Å². The molecule has 12 nitrogen and oxygen atoms in total. The molecule has 0 unspecified atom stereocenters. The molecule has 0 spiro atoms. The van der Waals surface area contributed by atoms with Crippen LogP contribution in [0.1, 0.15) is 37.5 Å². The van der Waals surface area contributed by atoms with E-state index >= 15 is 4.39 Å². The molecular weight excluding hydrogens is 700 g/mol. The number of hydrogen-bond donors (Lipinski definition) is 2. The zero-order valence-electron chi connectivity index (χ0n) is 31.2. The van der Waals surface area contributed by atoms with Crippen LogP contribution < -0.4 is 24.8 Å². The van der Waals surface area contributed by atoms with Crippen LogP contribution in [0.4, 0.5) is 25.0 Å². The van der Waals surface area contributed by atoms with Crippen LogP contribution in [0.5, 0.6) is 23.0 Å². The van der Waals surface area contributed by atoms with Gasteiger partial charge in [-0.2, -0.15) is 0 Å². The quantitative estimate of drug-likeness (QED) is 0.159. The summed E-state index contributed by atoms with van der Waals surface area (Å²) in [5, 5.41) is 6.02. The van der Waals surface area contributed by atoms with Gasteiger partial charge in [0, 0.05) is 70.7 Å². The molecule has 290 valence electrons. The van der Waals surface area contributed by atoms with Crippen molar-refractivity contribution < 1.29 is 45.0 Å². The van der Waals surface area contributed by atoms with Crippen molar-refractivity contribution in [2.75, 3.05) is 57.1 Å². The first-order valence-corrected chi connectivity index (χ1v) is 17.8. The summed E-state index contributed by atoms with van der Waals surface area (Å²) in [4.78, 5) is 46.9. The van der Waals surface area contributed by atoms with Gasteiger partial charge in [0.1, 0.15) is 23.8 Å². The van der Waals surface area contributed by atoms with Crippen LogP contribution in [-0.2, 0) is 14.3 Å². The monoisotopic (exact) mass is 749 g/mol. The molecule has 2 N–H and O–H groups in total. The van der Waals surface area contributed by atoms with Crippen molar-refractivity contribution in [3.8, 4) is 23.0 Å². The first kappa shape index (κ1) is 38.2. The molecular formula is C40H49F2N5O7. The Morgan fingerprint density at radius 3 is 2.13 bits per heavy atom. The number of rotatable bonds is 11. The minimum atomic E-state index is -0.713. The average molecular weight is 750 g/mol. The van der Waals surface area contributed by atoms with E-state index in [0.717, 1.165) is 6.07 Å². The van der Waals surface area contributed by atoms with Gasteiger partial charge in [0.2, 0.25) is 11.8 Å². The van der Waals surface area contributed by atoms with Gasteiger partial charge in [-0.3, -0.25) is 19.5 Å². The molecule has 1 saturated heterocycles. The highest BCUT2D eigenvalue weighted by Crippen LogP contribution is 2.59. The lowest BCUT2D eigenvalue weighted by Gasteiger charge is -2.35. The predicted molar refractivity (Wildman–Crippen MR) is 203 cm³/mol. The highest BCUT2D eigenvalue weighted by atomic mass is 19.1. The standard InChI is InChI=1S/C40H45F2N5O7.2H2/c1-39(2,3)54-38(50)47-17-15-46(16-18-47)19-20-52-33-22-27-29(23-32(33)51-6)43-14-13-30(27)53-31-12-11-26(21-28(31)42)45-37(49)35-34(40(35,4)5)36(48)44-25-9-7-24(41)8-10-25;;/h7-14,21-23,34-35H,15-20H2,1-6H3,(H,44,48)(H,45,49);2*1H/t34-,35+;;/m0../s1. The first-order chi connectivity index (χ1) is 25.6. The number of benzene rings is 3. The van der Waals surface area contributed by atoms with Crippen LogP contribution in [0.25, 0.3) is 10.9 Å². The lowest BCUT2D eigenvalue weighted by atomic mass is 10.1. The second-order valence-corrected chi connectivity index (χ2v) is 15.0. The normalized spacial score (nSPS) is 18.1. The molecule has 2 heterocycles. The molecule has 6 rings (SSSR count). The Balaban J connectivity index is 0.00000348. The number of halogens is 2. The molecule has 2 aliphatic rings. The fourth-order valence-electron chi connectivity index (χ4n) is 6.62. The van der Waals surface area contributed by atoms with Gasteiger partial charge in [0.15, 0.2) is 23.1 Å². The van der Waals surface area contributed by atoms with Crippen LogP contribution in [-0.4, -0.2) is 84.7 Å². The summed E-state index contributed by atoms with van der Waals surface area (Å²) in [7, 11) is 1.53. The van der Waals surface area contributed by atoms with Crippen molar-refractivity contribution in [3.05, 3.63) is 78.5 Å². The Bertz CT molecular complexity index is 2040. The third-order valence-corrected chi connectivity index (χ3v) is 9.60. The molecule has 0 bridgehead atoms. The van der Waals surface area contributed by atoms with E-state index in [1.54, 1.807) is 29.3 Å². The molecule has 2 atom stereocenters. The summed E-state index contributed by atoms with van der Waals surface area (Å²) >= 11 is 0. The van der Waals surface area contributed by atoms with Gasteiger partial charge in [0.25, 0.3) is 0 Å². The van der Waals surface area contributed by atoms with Gasteiger partial charge in [-0.05, 0) is 74.7 Å². The maximum Gasteiger partial charge on any atom is 0.410 e. The van der Waals surface area contributed by atoms with E-state index in [4.69, 9.17) is 18.9 Å². The number of hydrogen-bond acceptors (Lipinski definition) is 9. The second-order valence-electron chi connectivity index (χ2n) is 15.0. The Morgan fingerprint density at radius 2 is 1.50 bits per heavy atom. The molecule has 3 amide bonds. The minimum absolute atomic E-state index is 0. The van der Waals surface area contributed by atoms with E-state index in [1.807, 2.05) is 34.6 Å². The number of ether oxygens (including phenoxy) is 4. The van der Waals surface area contributed by atoms with E-state index in [-0.39, 0.29) is 26.3 Å². The number of aromatic nitrogens is 1. The largest absolute Gasteiger partial charge is 0.493 e. The van der Waals surface area contributed by atoms with Gasteiger partial charge in [-0.1, -0.05) is 13.8 Å². The highest BCUT2D eigenvalue weighted by molar-refractivity contribution is 6.04. The fraction of sp³-hybridized carbons (Fsp3) is 0.400. The molecule has 1 saturated carbocycles. The van der Waals surface area contributed by atoms with Crippen LogP contribution in [0.3, 0.4) is 0 Å². The van der Waals surface area contributed by atoms with E-state index in [0.29, 0.717) is 73.2 Å². The third kappa shape index (κ3) is 8.82. The maximum absolute atomic E-state index is 15.5. The third-order valence-electron chi connectivity index (χ3n) is 9.60. The van der Waals surface area contributed by atoms with E-state index in [2.05, 4.69) is 20.5 Å². The average Bonchev–Trinajstić information content (AvgIpc) is 3.71. The molecule has 2 fully saturated rings. The van der Waals surface area contributed by atoms with Crippen LogP contribution in [0, 0.1) is 28.9 Å². The molecule has 1 aromatic heterocycles. The van der Waals surface area contributed by atoms with E-state index < -0.39 is 40.4 Å². The first-order valence-electron chi connectivity index (χ1n) is 17.8. The smallest absolute Gasteiger partial charge is 0.410 e. The zero-order valence-corrected chi connectivity index (χ0v) is 31.2. The molecule has 4 aromatic rings. The van der Waals surface area contributed by atoms with Gasteiger partial charge >= 0.3 is 6.09 Å². The second kappa shape index (κ2) is 15.5. The summed E-state index contributed by atoms with van der Waals surface area (Å²) in [6, 6.07) is 14.5. The van der Waals surface area contributed by atoms with Crippen molar-refractivity contribution in [2.24, 2.45) is 17.3 Å². The maximum atomic E-state index is 15.5. The number of nitrogens with zero attached hydrogens (tertiary/aromatic N) is 3. The Hall–Kier alpha value is -5.50. The number of amides is 3. The zero-order chi connectivity index (χ0) is 38.8. The van der Waals surface area contributed by atoms with Crippen LogP contribution in [0.15, 0.2) is 66.9 Å². The summed E-state index contributed by atoms with van der Waals surface area (Å²) in [5.74, 6) is -1.99. The number of methoxy groups -OCH3 is 1. The van der Waals surface area contributed by atoms with E-state index in [1.165, 1.54) is 43.5 Å². The SMILES string of the molecule is COc1cc2nccc(Oc3ccc(NC(=O)[C@H]4[C@@H](C(=O)Nc5ccc(F)cc5)C4(C)C)cc3F)c2cc1OCCN1CCN(C(=O)OC(C)(C)C)CC1.[HH].[HH]. The lowest BCUT2D eigenvalue weighted by molar-refractivity contribution is -0.122. The van der Waals surface area contributed by atoms with Crippen molar-refractivity contribution in [1.29, 1.82) is 0 Å². The number of fused-ring (bicyclic) bond motifs is 1. The predicted octanol–water partition coefficient (Wildman–Crippen LogP) is 7.59. The summed E-state index contributed by atoms with van der Waals surface area (Å²) in [6.45, 7) is 12.6. The Morgan fingerprint density at radius 1 is 0.852 bits per heavy atom. The lowest BCUT2D eigenvalue weighted by Crippen LogP contribution is -2.50. The fourth-order valence-corrected chi connectivity index (χ4v) is 6.62. The number of carbonyl (C=O) groups excluding carboxylic acids is 3. The topological polar surface area (TPSA) is 132 Å². The minimum Gasteiger partial charge on any atom is -0.493 e. The Labute approximate surface area is 315 Å². The number of piperazine rings is 1. The highest BCUT2D eigenvalue weighted by Gasteiger charge is 2.65. The number of pyridine rings is 1. The van der Waals surface area contributed by atoms with Gasteiger partial charge in [-0.25, -0.2) is 13.6 Å². The van der Waals surface area contributed by atoms with Crippen LogP contribution >= 0.6 is 0 Å². The van der Waals surface area contributed by atoms with Crippen molar-refractivity contribution >= 4 is 40.2 Å². The summed E-state index contributed by atoms with van der Waals surface area (Å²) in [6.07, 6.45) is 1.23. The van der Waals surface area contributed by atoms with Crippen LogP contribution in [0.2, 0.25) is 0 Å². The number of carbonyl (C=O) groups is 3. The Kier molecular flexibility index (Phi) is 10.9. The van der Waals surface area contributed by atoms with E-state index in [9.17, 15) is 18.8 Å². The molecule has 1 aliphatic heterocycles. The number of anilines is 2. The molecule has 1 aliphatic carbocycles. The van der Waals surface area contributed by atoms with Crippen molar-refractivity contribution in [1.82, 2.24) is 14.8 Å².